The Bertz CT molecular complexity index is 427. The van der Waals surface area contributed by atoms with Gasteiger partial charge in [-0.3, -0.25) is 0 Å². The second kappa shape index (κ2) is 8.31. The van der Waals surface area contributed by atoms with Crippen molar-refractivity contribution in [3.05, 3.63) is 60.3 Å². The summed E-state index contributed by atoms with van der Waals surface area (Å²) in [4.78, 5) is 0. The fourth-order valence-electron chi connectivity index (χ4n) is 1.95. The fraction of sp³-hybridized carbons (Fsp3) is 0.353. The molecule has 0 heterocycles. The first-order chi connectivity index (χ1) is 8.74. The van der Waals surface area contributed by atoms with Gasteiger partial charge in [0.05, 0.1) is 6.07 Å². The first-order valence-electron chi connectivity index (χ1n) is 6.49. The van der Waals surface area contributed by atoms with Gasteiger partial charge in [0, 0.05) is 5.92 Å². The first kappa shape index (κ1) is 14.3. The van der Waals surface area contributed by atoms with Crippen molar-refractivity contribution >= 4 is 0 Å². The average molecular weight is 239 g/mol. The molecular weight excluding hydrogens is 218 g/mol. The lowest BCUT2D eigenvalue weighted by atomic mass is 9.89. The van der Waals surface area contributed by atoms with E-state index in [1.165, 1.54) is 5.57 Å². The highest BCUT2D eigenvalue weighted by Crippen LogP contribution is 2.23. The third-order valence-corrected chi connectivity index (χ3v) is 3.03. The van der Waals surface area contributed by atoms with Crippen molar-refractivity contribution in [3.8, 4) is 6.07 Å². The molecule has 0 aliphatic heterocycles. The molecule has 0 spiro atoms. The summed E-state index contributed by atoms with van der Waals surface area (Å²) in [6.45, 7) is 4.19. The summed E-state index contributed by atoms with van der Waals surface area (Å²) in [5, 5.41) is 8.89. The van der Waals surface area contributed by atoms with Crippen LogP contribution in [0.5, 0.6) is 0 Å². The van der Waals surface area contributed by atoms with Crippen molar-refractivity contribution in [2.75, 3.05) is 0 Å². The Morgan fingerprint density at radius 3 is 2.33 bits per heavy atom. The van der Waals surface area contributed by atoms with Gasteiger partial charge in [-0.15, -0.1) is 0 Å². The molecule has 2 atom stereocenters. The van der Waals surface area contributed by atoms with Gasteiger partial charge in [0.25, 0.3) is 0 Å². The number of allylic oxidation sites excluding steroid dienone is 10. The summed E-state index contributed by atoms with van der Waals surface area (Å²) >= 11 is 0. The Kier molecular flexibility index (Phi) is 6.58. The quantitative estimate of drug-likeness (QED) is 0.698. The van der Waals surface area contributed by atoms with Crippen LogP contribution >= 0.6 is 0 Å². The molecule has 0 saturated carbocycles. The van der Waals surface area contributed by atoms with E-state index in [0.29, 0.717) is 5.92 Å². The van der Waals surface area contributed by atoms with Crippen LogP contribution in [0.15, 0.2) is 60.3 Å². The van der Waals surface area contributed by atoms with Crippen LogP contribution in [0.1, 0.15) is 26.7 Å². The van der Waals surface area contributed by atoms with E-state index in [0.717, 1.165) is 12.8 Å². The summed E-state index contributed by atoms with van der Waals surface area (Å²) in [7, 11) is 0. The summed E-state index contributed by atoms with van der Waals surface area (Å²) in [5.74, 6) is 0.564. The molecule has 0 amide bonds. The van der Waals surface area contributed by atoms with Crippen LogP contribution in [0.4, 0.5) is 0 Å². The zero-order valence-corrected chi connectivity index (χ0v) is 11.2. The van der Waals surface area contributed by atoms with E-state index >= 15 is 0 Å². The van der Waals surface area contributed by atoms with Gasteiger partial charge in [0.2, 0.25) is 0 Å². The largest absolute Gasteiger partial charge is 0.198 e. The smallest absolute Gasteiger partial charge is 0.0653 e. The van der Waals surface area contributed by atoms with Gasteiger partial charge < -0.3 is 0 Å². The van der Waals surface area contributed by atoms with E-state index in [1.54, 1.807) is 0 Å². The molecule has 1 rings (SSSR count). The van der Waals surface area contributed by atoms with E-state index in [9.17, 15) is 0 Å². The van der Waals surface area contributed by atoms with Gasteiger partial charge in [-0.2, -0.15) is 5.26 Å². The number of hydrogen-bond donors (Lipinski definition) is 0. The van der Waals surface area contributed by atoms with Crippen LogP contribution in [0.2, 0.25) is 0 Å². The predicted octanol–water partition coefficient (Wildman–Crippen LogP) is 4.73. The van der Waals surface area contributed by atoms with Crippen molar-refractivity contribution in [3.63, 3.8) is 0 Å². The zero-order chi connectivity index (χ0) is 13.2. The molecule has 1 heteroatoms. The summed E-state index contributed by atoms with van der Waals surface area (Å²) in [6.07, 6.45) is 20.5. The maximum Gasteiger partial charge on any atom is 0.0653 e. The standard InChI is InChI=1S/C17H21N/c1-15(14-18)13-16(2)17-11-9-7-5-3-4-6-8-10-12-17/h3-11,15-16H,12-13H2,1-2H3/b5-3-,6-4-,9-7-,10-8-,17-11+. The van der Waals surface area contributed by atoms with E-state index in [1.807, 2.05) is 37.3 Å². The minimum atomic E-state index is 0.117. The normalized spacial score (nSPS) is 28.6. The van der Waals surface area contributed by atoms with Crippen molar-refractivity contribution in [2.45, 2.75) is 26.7 Å². The van der Waals surface area contributed by atoms with Gasteiger partial charge >= 0.3 is 0 Å². The number of rotatable bonds is 3. The van der Waals surface area contributed by atoms with Crippen LogP contribution < -0.4 is 0 Å². The molecular formula is C17H21N. The second-order valence-electron chi connectivity index (χ2n) is 4.70. The molecule has 0 bridgehead atoms. The van der Waals surface area contributed by atoms with Crippen LogP contribution in [0.3, 0.4) is 0 Å². The minimum absolute atomic E-state index is 0.117. The third-order valence-electron chi connectivity index (χ3n) is 3.03. The monoisotopic (exact) mass is 239 g/mol. The molecule has 0 fully saturated rings. The highest BCUT2D eigenvalue weighted by molar-refractivity contribution is 5.24. The van der Waals surface area contributed by atoms with Gasteiger partial charge in [0.1, 0.15) is 0 Å². The van der Waals surface area contributed by atoms with Gasteiger partial charge in [0.15, 0.2) is 0 Å². The second-order valence-corrected chi connectivity index (χ2v) is 4.70. The Labute approximate surface area is 111 Å². The number of nitrogens with zero attached hydrogens (tertiary/aromatic N) is 1. The van der Waals surface area contributed by atoms with Gasteiger partial charge in [-0.05, 0) is 25.7 Å². The SMILES string of the molecule is CC(C#N)CC(C)/C1=C/C=C\C=C/C=C\C=C/C1. The maximum atomic E-state index is 8.89. The lowest BCUT2D eigenvalue weighted by molar-refractivity contribution is 0.524. The third kappa shape index (κ3) is 5.50. The summed E-state index contributed by atoms with van der Waals surface area (Å²) < 4.78 is 0. The number of hydrogen-bond acceptors (Lipinski definition) is 1. The summed E-state index contributed by atoms with van der Waals surface area (Å²) in [5.41, 5.74) is 1.38. The molecule has 0 aromatic carbocycles. The fourth-order valence-corrected chi connectivity index (χ4v) is 1.95. The molecule has 0 radical (unpaired) electrons. The van der Waals surface area contributed by atoms with E-state index in [2.05, 4.69) is 37.3 Å². The van der Waals surface area contributed by atoms with Crippen molar-refractivity contribution in [2.24, 2.45) is 11.8 Å². The molecule has 1 aliphatic rings. The van der Waals surface area contributed by atoms with Crippen molar-refractivity contribution < 1.29 is 0 Å². The molecule has 1 aliphatic carbocycles. The average Bonchev–Trinajstić information content (AvgIpc) is 2.43. The molecule has 18 heavy (non-hydrogen) atoms. The molecule has 0 saturated heterocycles. The highest BCUT2D eigenvalue weighted by Gasteiger charge is 2.11. The number of nitriles is 1. The summed E-state index contributed by atoms with van der Waals surface area (Å²) in [6, 6.07) is 2.31. The van der Waals surface area contributed by atoms with Gasteiger partial charge in [-0.1, -0.05) is 67.2 Å². The van der Waals surface area contributed by atoms with Crippen molar-refractivity contribution in [1.82, 2.24) is 0 Å². The molecule has 2 unspecified atom stereocenters. The Balaban J connectivity index is 2.77. The molecule has 0 N–H and O–H groups in total. The zero-order valence-electron chi connectivity index (χ0n) is 11.2. The van der Waals surface area contributed by atoms with E-state index in [-0.39, 0.29) is 5.92 Å². The van der Waals surface area contributed by atoms with Crippen LogP contribution in [0.25, 0.3) is 0 Å². The topological polar surface area (TPSA) is 23.8 Å². The highest BCUT2D eigenvalue weighted by atomic mass is 14.3. The Morgan fingerprint density at radius 1 is 1.06 bits per heavy atom. The Morgan fingerprint density at radius 2 is 1.67 bits per heavy atom. The van der Waals surface area contributed by atoms with E-state index in [4.69, 9.17) is 5.26 Å². The van der Waals surface area contributed by atoms with Gasteiger partial charge in [-0.25, -0.2) is 0 Å². The van der Waals surface area contributed by atoms with Crippen LogP contribution in [0, 0.1) is 23.2 Å². The van der Waals surface area contributed by atoms with Crippen molar-refractivity contribution in [1.29, 1.82) is 5.26 Å². The molecule has 0 aromatic rings. The molecule has 94 valence electrons. The van der Waals surface area contributed by atoms with E-state index < -0.39 is 0 Å². The molecule has 0 aromatic heterocycles. The van der Waals surface area contributed by atoms with Crippen LogP contribution in [-0.2, 0) is 0 Å². The lowest BCUT2D eigenvalue weighted by Crippen LogP contribution is -2.04. The Hall–Kier alpha value is -1.81. The lowest BCUT2D eigenvalue weighted by Gasteiger charge is -2.15. The molecule has 1 nitrogen and oxygen atoms in total. The van der Waals surface area contributed by atoms with Crippen LogP contribution in [-0.4, -0.2) is 0 Å². The first-order valence-corrected chi connectivity index (χ1v) is 6.49. The maximum absolute atomic E-state index is 8.89. The predicted molar refractivity (Wildman–Crippen MR) is 77.8 cm³/mol. The minimum Gasteiger partial charge on any atom is -0.198 e.